The maximum Gasteiger partial charge on any atom is 0.136 e. The van der Waals surface area contributed by atoms with Gasteiger partial charge in [0.25, 0.3) is 0 Å². The Morgan fingerprint density at radius 2 is 1.95 bits per heavy atom. The van der Waals surface area contributed by atoms with E-state index in [4.69, 9.17) is 10.00 Å². The van der Waals surface area contributed by atoms with Gasteiger partial charge in [0, 0.05) is 31.7 Å². The molecule has 1 aliphatic rings. The monoisotopic (exact) mass is 273 g/mol. The van der Waals surface area contributed by atoms with Crippen LogP contribution in [-0.2, 0) is 6.54 Å². The zero-order valence-electron chi connectivity index (χ0n) is 12.8. The number of nitrogens with zero attached hydrogens (tertiary/aromatic N) is 3. The molecular weight excluding hydrogens is 250 g/mol. The van der Waals surface area contributed by atoms with Gasteiger partial charge < -0.3 is 4.74 Å². The zero-order chi connectivity index (χ0) is 14.7. The first-order valence-electron chi connectivity index (χ1n) is 7.06. The lowest BCUT2D eigenvalue weighted by atomic mass is 10.1. The van der Waals surface area contributed by atoms with Gasteiger partial charge in [0.1, 0.15) is 11.8 Å². The van der Waals surface area contributed by atoms with Crippen molar-refractivity contribution in [3.05, 3.63) is 29.3 Å². The lowest BCUT2D eigenvalue weighted by Crippen LogP contribution is -2.54. The molecule has 1 aliphatic heterocycles. The molecule has 4 heteroatoms. The highest BCUT2D eigenvalue weighted by Crippen LogP contribution is 2.22. The number of hydrogen-bond acceptors (Lipinski definition) is 4. The summed E-state index contributed by atoms with van der Waals surface area (Å²) in [5, 5.41) is 9.01. The van der Waals surface area contributed by atoms with Gasteiger partial charge in [0.15, 0.2) is 0 Å². The molecule has 0 aromatic heterocycles. The molecule has 0 saturated carbocycles. The molecule has 0 bridgehead atoms. The van der Waals surface area contributed by atoms with Gasteiger partial charge in [-0.1, -0.05) is 6.07 Å². The molecule has 1 heterocycles. The second kappa shape index (κ2) is 6.25. The molecule has 1 saturated heterocycles. The number of benzene rings is 1. The average Bonchev–Trinajstić information content (AvgIpc) is 2.44. The van der Waals surface area contributed by atoms with Crippen LogP contribution in [0.1, 0.15) is 25.0 Å². The Morgan fingerprint density at radius 1 is 1.30 bits per heavy atom. The largest absolute Gasteiger partial charge is 0.495 e. The van der Waals surface area contributed by atoms with Gasteiger partial charge in [-0.25, -0.2) is 0 Å². The summed E-state index contributed by atoms with van der Waals surface area (Å²) >= 11 is 0. The van der Waals surface area contributed by atoms with Crippen LogP contribution in [-0.4, -0.2) is 49.1 Å². The second-order valence-electron chi connectivity index (χ2n) is 5.70. The van der Waals surface area contributed by atoms with Gasteiger partial charge in [-0.2, -0.15) is 5.26 Å². The number of likely N-dealkylation sites (N-methyl/N-ethyl adjacent to an activating group) is 1. The summed E-state index contributed by atoms with van der Waals surface area (Å²) in [5.41, 5.74) is 1.79. The molecule has 0 aliphatic carbocycles. The fourth-order valence-electron chi connectivity index (χ4n) is 2.83. The molecule has 0 amide bonds. The van der Waals surface area contributed by atoms with Crippen molar-refractivity contribution < 1.29 is 4.74 Å². The van der Waals surface area contributed by atoms with E-state index in [-0.39, 0.29) is 0 Å². The summed E-state index contributed by atoms with van der Waals surface area (Å²) in [6.07, 6.45) is 0. The lowest BCUT2D eigenvalue weighted by Gasteiger charge is -2.42. The van der Waals surface area contributed by atoms with Crippen molar-refractivity contribution in [3.63, 3.8) is 0 Å². The molecule has 0 spiro atoms. The normalized spacial score (nSPS) is 24.4. The first kappa shape index (κ1) is 14.8. The van der Waals surface area contributed by atoms with Crippen molar-refractivity contribution in [1.29, 1.82) is 5.26 Å². The Bertz CT molecular complexity index is 497. The third-order valence-electron chi connectivity index (χ3n) is 4.23. The molecule has 1 aromatic rings. The number of rotatable bonds is 3. The highest BCUT2D eigenvalue weighted by Gasteiger charge is 2.26. The SMILES string of the molecule is COc1cc(CN2CC(C)N(C)C(C)C2)ccc1C#N. The summed E-state index contributed by atoms with van der Waals surface area (Å²) < 4.78 is 5.28. The Morgan fingerprint density at radius 3 is 2.50 bits per heavy atom. The van der Waals surface area contributed by atoms with Gasteiger partial charge >= 0.3 is 0 Å². The van der Waals surface area contributed by atoms with E-state index in [0.29, 0.717) is 23.4 Å². The number of hydrogen-bond donors (Lipinski definition) is 0. The van der Waals surface area contributed by atoms with E-state index in [1.807, 2.05) is 18.2 Å². The van der Waals surface area contributed by atoms with Gasteiger partial charge in [0.05, 0.1) is 12.7 Å². The van der Waals surface area contributed by atoms with Crippen molar-refractivity contribution in [2.45, 2.75) is 32.5 Å². The summed E-state index contributed by atoms with van der Waals surface area (Å²) in [6, 6.07) is 9.13. The topological polar surface area (TPSA) is 39.5 Å². The highest BCUT2D eigenvalue weighted by molar-refractivity contribution is 5.45. The molecular formula is C16H23N3O. The molecule has 4 nitrogen and oxygen atoms in total. The van der Waals surface area contributed by atoms with Crippen LogP contribution in [0.25, 0.3) is 0 Å². The van der Waals surface area contributed by atoms with E-state index in [1.165, 1.54) is 5.56 Å². The Balaban J connectivity index is 2.09. The molecule has 2 atom stereocenters. The quantitative estimate of drug-likeness (QED) is 0.845. The van der Waals surface area contributed by atoms with E-state index >= 15 is 0 Å². The summed E-state index contributed by atoms with van der Waals surface area (Å²) in [5.74, 6) is 0.667. The molecule has 0 radical (unpaired) electrons. The minimum absolute atomic E-state index is 0.569. The van der Waals surface area contributed by atoms with Crippen LogP contribution < -0.4 is 4.74 Å². The van der Waals surface area contributed by atoms with Crippen molar-refractivity contribution >= 4 is 0 Å². The second-order valence-corrected chi connectivity index (χ2v) is 5.70. The minimum atomic E-state index is 0.569. The lowest BCUT2D eigenvalue weighted by molar-refractivity contribution is 0.0556. The number of piperazine rings is 1. The molecule has 2 rings (SSSR count). The standard InChI is InChI=1S/C16H23N3O/c1-12-9-19(10-13(2)18(12)3)11-14-5-6-15(8-17)16(7-14)20-4/h5-7,12-13H,9-11H2,1-4H3. The maximum atomic E-state index is 9.01. The average molecular weight is 273 g/mol. The summed E-state index contributed by atoms with van der Waals surface area (Å²) in [6.45, 7) is 7.58. The highest BCUT2D eigenvalue weighted by atomic mass is 16.5. The predicted octanol–water partition coefficient (Wildman–Crippen LogP) is 2.09. The smallest absolute Gasteiger partial charge is 0.136 e. The molecule has 1 fully saturated rings. The minimum Gasteiger partial charge on any atom is -0.495 e. The van der Waals surface area contributed by atoms with Crippen LogP contribution in [0, 0.1) is 11.3 Å². The molecule has 108 valence electrons. The van der Waals surface area contributed by atoms with Crippen molar-refractivity contribution in [3.8, 4) is 11.8 Å². The number of nitriles is 1. The first-order valence-corrected chi connectivity index (χ1v) is 7.06. The van der Waals surface area contributed by atoms with E-state index in [2.05, 4.69) is 36.8 Å². The zero-order valence-corrected chi connectivity index (χ0v) is 12.8. The van der Waals surface area contributed by atoms with Crippen LogP contribution in [0.4, 0.5) is 0 Å². The fraction of sp³-hybridized carbons (Fsp3) is 0.562. The summed E-state index contributed by atoms with van der Waals surface area (Å²) in [4.78, 5) is 4.89. The predicted molar refractivity (Wildman–Crippen MR) is 79.7 cm³/mol. The molecule has 20 heavy (non-hydrogen) atoms. The molecule has 0 N–H and O–H groups in total. The fourth-order valence-corrected chi connectivity index (χ4v) is 2.83. The van der Waals surface area contributed by atoms with Crippen LogP contribution in [0.5, 0.6) is 5.75 Å². The van der Waals surface area contributed by atoms with Crippen molar-refractivity contribution in [1.82, 2.24) is 9.80 Å². The first-order chi connectivity index (χ1) is 9.55. The van der Waals surface area contributed by atoms with Gasteiger partial charge in [-0.3, -0.25) is 9.80 Å². The van der Waals surface area contributed by atoms with E-state index in [9.17, 15) is 0 Å². The Labute approximate surface area is 121 Å². The third kappa shape index (κ3) is 3.12. The third-order valence-corrected chi connectivity index (χ3v) is 4.23. The van der Waals surface area contributed by atoms with Crippen LogP contribution in [0.2, 0.25) is 0 Å². The van der Waals surface area contributed by atoms with Gasteiger partial charge in [0.2, 0.25) is 0 Å². The number of ether oxygens (including phenoxy) is 1. The molecule has 1 aromatic carbocycles. The van der Waals surface area contributed by atoms with Gasteiger partial charge in [-0.15, -0.1) is 0 Å². The van der Waals surface area contributed by atoms with E-state index < -0.39 is 0 Å². The Hall–Kier alpha value is -1.57. The van der Waals surface area contributed by atoms with Crippen molar-refractivity contribution in [2.75, 3.05) is 27.2 Å². The molecule has 2 unspecified atom stereocenters. The summed E-state index contributed by atoms with van der Waals surface area (Å²) in [7, 11) is 3.80. The van der Waals surface area contributed by atoms with Crippen LogP contribution in [0.3, 0.4) is 0 Å². The van der Waals surface area contributed by atoms with Crippen LogP contribution >= 0.6 is 0 Å². The van der Waals surface area contributed by atoms with E-state index in [1.54, 1.807) is 7.11 Å². The number of methoxy groups -OCH3 is 1. The van der Waals surface area contributed by atoms with Crippen molar-refractivity contribution in [2.24, 2.45) is 0 Å². The van der Waals surface area contributed by atoms with E-state index in [0.717, 1.165) is 19.6 Å². The van der Waals surface area contributed by atoms with Crippen LogP contribution in [0.15, 0.2) is 18.2 Å². The van der Waals surface area contributed by atoms with Gasteiger partial charge in [-0.05, 0) is 38.6 Å². The Kier molecular flexibility index (Phi) is 4.64. The maximum absolute atomic E-state index is 9.01.